The van der Waals surface area contributed by atoms with Crippen molar-refractivity contribution in [1.82, 2.24) is 20.6 Å². The molecule has 0 fully saturated rings. The number of amides is 2. The van der Waals surface area contributed by atoms with E-state index in [-0.39, 0.29) is 18.0 Å². The fourth-order valence-corrected chi connectivity index (χ4v) is 4.48. The number of esters is 1. The highest BCUT2D eigenvalue weighted by atomic mass is 16.5. The maximum absolute atomic E-state index is 13.9. The molecule has 5 unspecified atom stereocenters. The molecule has 2 aromatic rings. The largest absolute Gasteiger partial charge is 0.481 e. The van der Waals surface area contributed by atoms with Gasteiger partial charge in [-0.3, -0.25) is 28.8 Å². The highest BCUT2D eigenvalue weighted by Gasteiger charge is 2.59. The number of nitrogens with zero attached hydrogens (tertiary/aromatic N) is 1. The lowest BCUT2D eigenvalue weighted by Crippen LogP contribution is -2.69. The van der Waals surface area contributed by atoms with Crippen LogP contribution in [0.4, 0.5) is 0 Å². The zero-order valence-electron chi connectivity index (χ0n) is 25.2. The molecule has 17 nitrogen and oxygen atoms in total. The molecule has 0 aliphatic heterocycles. The van der Waals surface area contributed by atoms with E-state index in [1.165, 1.54) is 12.5 Å². The number of nitrogens with one attached hydrogen (secondary N) is 3. The highest BCUT2D eigenvalue weighted by Crippen LogP contribution is 2.23. The van der Waals surface area contributed by atoms with Gasteiger partial charge in [0, 0.05) is 24.7 Å². The molecule has 2 rings (SSSR count). The Kier molecular flexibility index (Phi) is 13.5. The van der Waals surface area contributed by atoms with E-state index < -0.39 is 96.9 Å². The summed E-state index contributed by atoms with van der Waals surface area (Å²) < 4.78 is 5.02. The lowest BCUT2D eigenvalue weighted by Gasteiger charge is -2.32. The zero-order valence-corrected chi connectivity index (χ0v) is 25.2. The number of hydrogen-bond acceptors (Lipinski definition) is 11. The summed E-state index contributed by atoms with van der Waals surface area (Å²) in [4.78, 5) is 95.5. The van der Waals surface area contributed by atoms with Crippen molar-refractivity contribution in [2.45, 2.75) is 69.8 Å². The van der Waals surface area contributed by atoms with Crippen molar-refractivity contribution in [3.63, 3.8) is 0 Å². The fraction of sp³-hybridized carbons (Fsp3) is 0.448. The molecular formula is C29H38N6O11. The van der Waals surface area contributed by atoms with Gasteiger partial charge in [0.25, 0.3) is 0 Å². The van der Waals surface area contributed by atoms with Crippen LogP contribution in [0.2, 0.25) is 0 Å². The van der Waals surface area contributed by atoms with E-state index in [9.17, 15) is 48.9 Å². The number of carboxylic acids is 3. The molecule has 46 heavy (non-hydrogen) atoms. The van der Waals surface area contributed by atoms with Gasteiger partial charge in [0.1, 0.15) is 12.6 Å². The van der Waals surface area contributed by atoms with E-state index in [2.05, 4.69) is 20.6 Å². The SMILES string of the molecule is CC(C)CC(N)C(=O)NC(CCC(=O)O)C(=O)NC(Cc1cnc[nH]1)C(=O)C(N)(C(=O)O)C(C(=O)O)C(=O)OCc1ccccc1. The van der Waals surface area contributed by atoms with Crippen molar-refractivity contribution in [2.75, 3.05) is 0 Å². The Morgan fingerprint density at radius 3 is 2.13 bits per heavy atom. The van der Waals surface area contributed by atoms with Crippen LogP contribution in [-0.2, 0) is 51.3 Å². The van der Waals surface area contributed by atoms with Gasteiger partial charge < -0.3 is 47.1 Å². The molecule has 0 saturated carbocycles. The Labute approximate surface area is 263 Å². The number of ether oxygens (including phenoxy) is 1. The number of aromatic nitrogens is 2. The van der Waals surface area contributed by atoms with Crippen LogP contribution in [0.1, 0.15) is 44.4 Å². The monoisotopic (exact) mass is 646 g/mol. The molecule has 1 aromatic carbocycles. The Bertz CT molecular complexity index is 1400. The molecular weight excluding hydrogens is 608 g/mol. The first-order valence-corrected chi connectivity index (χ1v) is 14.1. The maximum Gasteiger partial charge on any atom is 0.333 e. The summed E-state index contributed by atoms with van der Waals surface area (Å²) in [5, 5.41) is 33.8. The fourth-order valence-electron chi connectivity index (χ4n) is 4.48. The average Bonchev–Trinajstić information content (AvgIpc) is 3.50. The normalized spacial score (nSPS) is 15.0. The number of carboxylic acid groups (broad SMARTS) is 3. The number of nitrogens with two attached hydrogens (primary N) is 2. The molecule has 1 aromatic heterocycles. The second-order valence-corrected chi connectivity index (χ2v) is 11.0. The third kappa shape index (κ3) is 10.2. The summed E-state index contributed by atoms with van der Waals surface area (Å²) in [5.74, 6) is -13.5. The van der Waals surface area contributed by atoms with Gasteiger partial charge in [0.05, 0.1) is 18.4 Å². The molecule has 1 heterocycles. The van der Waals surface area contributed by atoms with Crippen LogP contribution in [0.15, 0.2) is 42.9 Å². The number of rotatable bonds is 19. The topological polar surface area (TPSA) is 294 Å². The average molecular weight is 647 g/mol. The molecule has 0 radical (unpaired) electrons. The zero-order chi connectivity index (χ0) is 34.6. The Hall–Kier alpha value is -5.16. The summed E-state index contributed by atoms with van der Waals surface area (Å²) in [6.45, 7) is 3.14. The molecule has 2 amide bonds. The number of ketones is 1. The molecule has 5 atom stereocenters. The number of imidazole rings is 1. The number of aliphatic carboxylic acids is 3. The summed E-state index contributed by atoms with van der Waals surface area (Å²) in [6.07, 6.45) is 1.09. The van der Waals surface area contributed by atoms with Crippen molar-refractivity contribution < 1.29 is 53.6 Å². The molecule has 0 bridgehead atoms. The lowest BCUT2D eigenvalue weighted by molar-refractivity contribution is -0.172. The quantitative estimate of drug-likeness (QED) is 0.0668. The molecule has 0 aliphatic rings. The number of carbonyl (C=O) groups is 7. The van der Waals surface area contributed by atoms with Gasteiger partial charge in [-0.05, 0) is 24.3 Å². The van der Waals surface area contributed by atoms with Gasteiger partial charge in [0.15, 0.2) is 17.2 Å². The minimum atomic E-state index is -3.48. The molecule has 0 saturated heterocycles. The Morgan fingerprint density at radius 1 is 0.978 bits per heavy atom. The third-order valence-corrected chi connectivity index (χ3v) is 6.88. The first-order chi connectivity index (χ1) is 21.6. The van der Waals surface area contributed by atoms with Crippen LogP contribution < -0.4 is 22.1 Å². The van der Waals surface area contributed by atoms with E-state index in [0.29, 0.717) is 5.56 Å². The smallest absolute Gasteiger partial charge is 0.333 e. The summed E-state index contributed by atoms with van der Waals surface area (Å²) in [7, 11) is 0. The Morgan fingerprint density at radius 2 is 1.61 bits per heavy atom. The van der Waals surface area contributed by atoms with Gasteiger partial charge in [-0.2, -0.15) is 0 Å². The van der Waals surface area contributed by atoms with Crippen LogP contribution in [0, 0.1) is 11.8 Å². The van der Waals surface area contributed by atoms with Crippen LogP contribution in [0.5, 0.6) is 0 Å². The van der Waals surface area contributed by atoms with Gasteiger partial charge in [0.2, 0.25) is 11.8 Å². The van der Waals surface area contributed by atoms with Gasteiger partial charge in [-0.1, -0.05) is 44.2 Å². The van der Waals surface area contributed by atoms with Gasteiger partial charge in [-0.15, -0.1) is 0 Å². The minimum absolute atomic E-state index is 0.00119. The number of benzene rings is 1. The van der Waals surface area contributed by atoms with E-state index in [1.54, 1.807) is 44.2 Å². The molecule has 17 heteroatoms. The van der Waals surface area contributed by atoms with E-state index in [4.69, 9.17) is 16.2 Å². The van der Waals surface area contributed by atoms with E-state index in [1.807, 2.05) is 0 Å². The van der Waals surface area contributed by atoms with Crippen molar-refractivity contribution >= 4 is 41.5 Å². The molecule has 250 valence electrons. The highest BCUT2D eigenvalue weighted by molar-refractivity contribution is 6.18. The van der Waals surface area contributed by atoms with Crippen molar-refractivity contribution in [3.8, 4) is 0 Å². The van der Waals surface area contributed by atoms with E-state index in [0.717, 1.165) is 0 Å². The summed E-state index contributed by atoms with van der Waals surface area (Å²) >= 11 is 0. The lowest BCUT2D eigenvalue weighted by atomic mass is 9.77. The van der Waals surface area contributed by atoms with Crippen molar-refractivity contribution in [2.24, 2.45) is 23.3 Å². The molecule has 10 N–H and O–H groups in total. The van der Waals surface area contributed by atoms with Crippen molar-refractivity contribution in [1.29, 1.82) is 0 Å². The number of aromatic amines is 1. The first-order valence-electron chi connectivity index (χ1n) is 14.1. The van der Waals surface area contributed by atoms with Crippen LogP contribution in [0.25, 0.3) is 0 Å². The van der Waals surface area contributed by atoms with Gasteiger partial charge >= 0.3 is 23.9 Å². The Balaban J connectivity index is 2.46. The minimum Gasteiger partial charge on any atom is -0.481 e. The standard InChI is InChI=1S/C29H38N6O11/c1-15(2)10-18(30)24(39)34-19(8-9-21(36)37)25(40)35-20(11-17-12-32-14-33-17)23(38)29(31,28(44)45)22(26(41)42)27(43)46-13-16-6-4-3-5-7-16/h3-7,12,14-15,18-20,22H,8-11,13,30-31H2,1-2H3,(H,32,33)(H,34,39)(H,35,40)(H,36,37)(H,41,42)(H,44,45). The maximum atomic E-state index is 13.9. The summed E-state index contributed by atoms with van der Waals surface area (Å²) in [6, 6.07) is 3.43. The van der Waals surface area contributed by atoms with Crippen molar-refractivity contribution in [3.05, 3.63) is 54.1 Å². The van der Waals surface area contributed by atoms with Gasteiger partial charge in [-0.25, -0.2) is 9.78 Å². The van der Waals surface area contributed by atoms with E-state index >= 15 is 0 Å². The molecule has 0 aliphatic carbocycles. The number of hydrogen-bond donors (Lipinski definition) is 8. The number of H-pyrrole nitrogens is 1. The second kappa shape index (κ2) is 16.8. The number of Topliss-reactive ketones (excluding diaryl/α,β-unsaturated/α-hetero) is 1. The predicted octanol–water partition coefficient (Wildman–Crippen LogP) is -1.04. The number of carbonyl (C=O) groups excluding carboxylic acids is 4. The second-order valence-electron chi connectivity index (χ2n) is 11.0. The predicted molar refractivity (Wildman–Crippen MR) is 157 cm³/mol. The van der Waals surface area contributed by atoms with Crippen LogP contribution in [0.3, 0.4) is 0 Å². The first kappa shape index (κ1) is 37.0. The van der Waals surface area contributed by atoms with Crippen LogP contribution in [-0.4, -0.2) is 90.4 Å². The third-order valence-electron chi connectivity index (χ3n) is 6.88. The summed E-state index contributed by atoms with van der Waals surface area (Å²) in [5.41, 5.74) is 8.99. The molecule has 0 spiro atoms. The van der Waals surface area contributed by atoms with Crippen LogP contribution >= 0.6 is 0 Å².